The summed E-state index contributed by atoms with van der Waals surface area (Å²) in [6.45, 7) is 11.1. The standard InChI is InChI=1S/C21H34O4/c1-14-7-8-16-19(2,10-6-11-20(16,3)18(23)24-5)15(14)9-12-21(4)17(13-22)25-21/h15-17,22H,1,6-13H2,2-5H3/t15-,16-,17+,19+,20-,21+/m0/s1. The van der Waals surface area contributed by atoms with Crippen molar-refractivity contribution in [2.75, 3.05) is 13.7 Å². The maximum atomic E-state index is 12.6. The van der Waals surface area contributed by atoms with E-state index in [1.807, 2.05) is 0 Å². The van der Waals surface area contributed by atoms with Crippen molar-refractivity contribution in [3.63, 3.8) is 0 Å². The highest BCUT2D eigenvalue weighted by atomic mass is 16.6. The predicted molar refractivity (Wildman–Crippen MR) is 97.0 cm³/mol. The van der Waals surface area contributed by atoms with Gasteiger partial charge in [0.2, 0.25) is 0 Å². The van der Waals surface area contributed by atoms with E-state index in [1.165, 1.54) is 12.7 Å². The third-order valence-electron chi connectivity index (χ3n) is 7.80. The zero-order chi connectivity index (χ0) is 18.5. The van der Waals surface area contributed by atoms with E-state index < -0.39 is 0 Å². The van der Waals surface area contributed by atoms with E-state index >= 15 is 0 Å². The van der Waals surface area contributed by atoms with Crippen molar-refractivity contribution in [2.24, 2.45) is 22.7 Å². The second-order valence-corrected chi connectivity index (χ2v) is 9.21. The van der Waals surface area contributed by atoms with Gasteiger partial charge in [-0.05, 0) is 69.6 Å². The van der Waals surface area contributed by atoms with Crippen LogP contribution in [0.15, 0.2) is 12.2 Å². The number of fused-ring (bicyclic) bond motifs is 1. The van der Waals surface area contributed by atoms with Gasteiger partial charge in [-0.15, -0.1) is 0 Å². The topological polar surface area (TPSA) is 59.1 Å². The lowest BCUT2D eigenvalue weighted by Gasteiger charge is -2.57. The summed E-state index contributed by atoms with van der Waals surface area (Å²) < 4.78 is 10.9. The number of carbonyl (C=O) groups is 1. The maximum Gasteiger partial charge on any atom is 0.311 e. The minimum atomic E-state index is -0.381. The van der Waals surface area contributed by atoms with E-state index in [0.29, 0.717) is 11.8 Å². The minimum absolute atomic E-state index is 0.0142. The van der Waals surface area contributed by atoms with Gasteiger partial charge in [0.05, 0.1) is 24.7 Å². The van der Waals surface area contributed by atoms with E-state index in [2.05, 4.69) is 27.4 Å². The van der Waals surface area contributed by atoms with Crippen LogP contribution in [0.2, 0.25) is 0 Å². The lowest BCUT2D eigenvalue weighted by molar-refractivity contribution is -0.168. The molecule has 142 valence electrons. The zero-order valence-corrected chi connectivity index (χ0v) is 16.3. The molecular formula is C21H34O4. The molecule has 25 heavy (non-hydrogen) atoms. The summed E-state index contributed by atoms with van der Waals surface area (Å²) in [5.74, 6) is 0.710. The lowest BCUT2D eigenvalue weighted by atomic mass is 9.46. The average Bonchev–Trinajstić information content (AvgIpc) is 3.23. The Morgan fingerprint density at radius 2 is 2.08 bits per heavy atom. The molecule has 0 spiro atoms. The van der Waals surface area contributed by atoms with Crippen molar-refractivity contribution in [2.45, 2.75) is 77.4 Å². The SMILES string of the molecule is C=C1CC[C@H]2[C@](C)(CCC[C@]2(C)C(=O)OC)[C@H]1CC[C@@]1(C)O[C@@H]1CO. The number of allylic oxidation sites excluding steroid dienone is 1. The largest absolute Gasteiger partial charge is 0.469 e. The Kier molecular flexibility index (Phi) is 4.83. The first kappa shape index (κ1) is 18.9. The summed E-state index contributed by atoms with van der Waals surface area (Å²) in [5, 5.41) is 9.33. The van der Waals surface area contributed by atoms with Crippen LogP contribution < -0.4 is 0 Å². The van der Waals surface area contributed by atoms with Gasteiger partial charge in [0.1, 0.15) is 6.10 Å². The van der Waals surface area contributed by atoms with Gasteiger partial charge in [0.15, 0.2) is 0 Å². The molecule has 0 aromatic heterocycles. The number of carbonyl (C=O) groups excluding carboxylic acids is 1. The van der Waals surface area contributed by atoms with Crippen LogP contribution >= 0.6 is 0 Å². The normalized spacial score (nSPS) is 46.4. The van der Waals surface area contributed by atoms with Crippen LogP contribution in [-0.4, -0.2) is 36.5 Å². The van der Waals surface area contributed by atoms with E-state index in [4.69, 9.17) is 9.47 Å². The third-order valence-corrected chi connectivity index (χ3v) is 7.80. The van der Waals surface area contributed by atoms with E-state index in [1.54, 1.807) is 0 Å². The third kappa shape index (κ3) is 2.95. The van der Waals surface area contributed by atoms with Crippen molar-refractivity contribution in [1.29, 1.82) is 0 Å². The highest BCUT2D eigenvalue weighted by Crippen LogP contribution is 2.62. The molecule has 6 atom stereocenters. The van der Waals surface area contributed by atoms with Crippen LogP contribution in [0.5, 0.6) is 0 Å². The first-order valence-electron chi connectivity index (χ1n) is 9.76. The van der Waals surface area contributed by atoms with E-state index in [0.717, 1.165) is 44.9 Å². The Balaban J connectivity index is 1.81. The first-order valence-corrected chi connectivity index (χ1v) is 9.76. The summed E-state index contributed by atoms with van der Waals surface area (Å²) in [4.78, 5) is 12.6. The number of hydrogen-bond acceptors (Lipinski definition) is 4. The van der Waals surface area contributed by atoms with Gasteiger partial charge in [-0.3, -0.25) is 4.79 Å². The average molecular weight is 350 g/mol. The molecule has 2 saturated carbocycles. The Morgan fingerprint density at radius 3 is 2.68 bits per heavy atom. The van der Waals surface area contributed by atoms with Crippen LogP contribution in [0, 0.1) is 22.7 Å². The summed E-state index contributed by atoms with van der Waals surface area (Å²) in [5.41, 5.74) is 0.862. The molecule has 1 N–H and O–H groups in total. The highest BCUT2D eigenvalue weighted by Gasteiger charge is 2.59. The number of hydrogen-bond donors (Lipinski definition) is 1. The molecule has 4 heteroatoms. The fourth-order valence-electron chi connectivity index (χ4n) is 6.13. The molecule has 1 saturated heterocycles. The molecule has 0 aromatic carbocycles. The van der Waals surface area contributed by atoms with Gasteiger partial charge in [0, 0.05) is 0 Å². The van der Waals surface area contributed by atoms with Crippen molar-refractivity contribution in [3.8, 4) is 0 Å². The van der Waals surface area contributed by atoms with Gasteiger partial charge in [-0.2, -0.15) is 0 Å². The number of esters is 1. The molecule has 0 radical (unpaired) electrons. The molecule has 0 amide bonds. The summed E-state index contributed by atoms with van der Waals surface area (Å²) in [6.07, 6.45) is 7.12. The summed E-state index contributed by atoms with van der Waals surface area (Å²) >= 11 is 0. The fourth-order valence-corrected chi connectivity index (χ4v) is 6.13. The van der Waals surface area contributed by atoms with Crippen molar-refractivity contribution < 1.29 is 19.4 Å². The summed E-state index contributed by atoms with van der Waals surface area (Å²) in [6, 6.07) is 0. The lowest BCUT2D eigenvalue weighted by Crippen LogP contribution is -2.53. The highest BCUT2D eigenvalue weighted by molar-refractivity contribution is 5.77. The van der Waals surface area contributed by atoms with Gasteiger partial charge < -0.3 is 14.6 Å². The molecule has 3 aliphatic rings. The van der Waals surface area contributed by atoms with Crippen molar-refractivity contribution in [3.05, 3.63) is 12.2 Å². The molecule has 4 nitrogen and oxygen atoms in total. The quantitative estimate of drug-likeness (QED) is 0.464. The molecule has 1 aliphatic heterocycles. The van der Waals surface area contributed by atoms with Crippen LogP contribution in [0.4, 0.5) is 0 Å². The van der Waals surface area contributed by atoms with Gasteiger partial charge in [-0.25, -0.2) is 0 Å². The number of epoxide rings is 1. The van der Waals surface area contributed by atoms with E-state index in [-0.39, 0.29) is 35.1 Å². The monoisotopic (exact) mass is 350 g/mol. The smallest absolute Gasteiger partial charge is 0.311 e. The number of aliphatic hydroxyl groups excluding tert-OH is 1. The zero-order valence-electron chi connectivity index (χ0n) is 16.3. The number of methoxy groups -OCH3 is 1. The van der Waals surface area contributed by atoms with Crippen LogP contribution in [0.25, 0.3) is 0 Å². The summed E-state index contributed by atoms with van der Waals surface area (Å²) in [7, 11) is 1.51. The van der Waals surface area contributed by atoms with Crippen molar-refractivity contribution >= 4 is 5.97 Å². The van der Waals surface area contributed by atoms with Crippen LogP contribution in [0.1, 0.15) is 65.7 Å². The Hall–Kier alpha value is -0.870. The molecule has 0 bridgehead atoms. The Bertz CT molecular complexity index is 558. The number of aliphatic hydroxyl groups is 1. The van der Waals surface area contributed by atoms with Gasteiger partial charge in [-0.1, -0.05) is 25.5 Å². The molecule has 0 unspecified atom stereocenters. The van der Waals surface area contributed by atoms with Crippen LogP contribution in [-0.2, 0) is 14.3 Å². The Morgan fingerprint density at radius 1 is 1.36 bits per heavy atom. The van der Waals surface area contributed by atoms with Crippen molar-refractivity contribution in [1.82, 2.24) is 0 Å². The predicted octanol–water partition coefficient (Wildman–Crippen LogP) is 3.87. The van der Waals surface area contributed by atoms with E-state index in [9.17, 15) is 9.90 Å². The molecule has 1 heterocycles. The second kappa shape index (κ2) is 6.38. The fraction of sp³-hybridized carbons (Fsp3) is 0.857. The molecule has 2 aliphatic carbocycles. The van der Waals surface area contributed by atoms with Gasteiger partial charge >= 0.3 is 5.97 Å². The molecule has 0 aromatic rings. The number of rotatable bonds is 5. The number of ether oxygens (including phenoxy) is 2. The Labute approximate surface area is 152 Å². The molecular weight excluding hydrogens is 316 g/mol. The van der Waals surface area contributed by atoms with Crippen LogP contribution in [0.3, 0.4) is 0 Å². The second-order valence-electron chi connectivity index (χ2n) is 9.21. The minimum Gasteiger partial charge on any atom is -0.469 e. The molecule has 3 rings (SSSR count). The molecule has 3 fully saturated rings. The van der Waals surface area contributed by atoms with Gasteiger partial charge in [0.25, 0.3) is 0 Å². The first-order chi connectivity index (χ1) is 11.7. The maximum absolute atomic E-state index is 12.6.